The van der Waals surface area contributed by atoms with E-state index in [-0.39, 0.29) is 5.60 Å². The molecule has 2 heteroatoms. The maximum absolute atomic E-state index is 5.39. The highest BCUT2D eigenvalue weighted by atomic mass is 17.2. The first-order chi connectivity index (χ1) is 5.41. The first kappa shape index (κ1) is 7.56. The van der Waals surface area contributed by atoms with Gasteiger partial charge < -0.3 is 0 Å². The molecule has 2 aliphatic rings. The molecular weight excluding hydrogens is 140 g/mol. The van der Waals surface area contributed by atoms with Gasteiger partial charge in [-0.2, -0.15) is 0 Å². The van der Waals surface area contributed by atoms with Gasteiger partial charge >= 0.3 is 0 Å². The summed E-state index contributed by atoms with van der Waals surface area (Å²) < 4.78 is 0. The highest BCUT2D eigenvalue weighted by Gasteiger charge is 2.36. The van der Waals surface area contributed by atoms with Crippen molar-refractivity contribution in [2.45, 2.75) is 44.1 Å². The quantitative estimate of drug-likeness (QED) is 0.499. The first-order valence-electron chi connectivity index (χ1n) is 4.54. The highest BCUT2D eigenvalue weighted by Crippen LogP contribution is 2.37. The SMILES string of the molecule is [CH]1CCC2(CC1)CCCOO2. The number of hydrogen-bond donors (Lipinski definition) is 0. The Bertz CT molecular complexity index is 102. The molecule has 11 heavy (non-hydrogen) atoms. The summed E-state index contributed by atoms with van der Waals surface area (Å²) >= 11 is 0. The zero-order chi connectivity index (χ0) is 7.57. The van der Waals surface area contributed by atoms with E-state index in [0.29, 0.717) is 0 Å². The monoisotopic (exact) mass is 155 g/mol. The summed E-state index contributed by atoms with van der Waals surface area (Å²) in [7, 11) is 0. The second-order valence-electron chi connectivity index (χ2n) is 3.56. The Morgan fingerprint density at radius 1 is 1.09 bits per heavy atom. The molecule has 0 atom stereocenters. The van der Waals surface area contributed by atoms with Crippen LogP contribution in [0.5, 0.6) is 0 Å². The summed E-state index contributed by atoms with van der Waals surface area (Å²) in [4.78, 5) is 10.4. The molecule has 1 heterocycles. The fourth-order valence-electron chi connectivity index (χ4n) is 1.99. The minimum atomic E-state index is 0.104. The van der Waals surface area contributed by atoms with E-state index in [2.05, 4.69) is 6.42 Å². The van der Waals surface area contributed by atoms with E-state index >= 15 is 0 Å². The molecule has 1 spiro atoms. The van der Waals surface area contributed by atoms with Gasteiger partial charge in [-0.15, -0.1) is 0 Å². The second-order valence-corrected chi connectivity index (χ2v) is 3.56. The van der Waals surface area contributed by atoms with Crippen molar-refractivity contribution >= 4 is 0 Å². The van der Waals surface area contributed by atoms with Gasteiger partial charge in [-0.25, -0.2) is 9.78 Å². The van der Waals surface area contributed by atoms with Crippen LogP contribution in [0.2, 0.25) is 0 Å². The van der Waals surface area contributed by atoms with Crippen LogP contribution in [0, 0.1) is 6.42 Å². The standard InChI is InChI=1S/C9H15O2/c1-2-5-9(6-3-1)7-4-8-10-11-9/h1H,2-8H2. The molecule has 0 N–H and O–H groups in total. The van der Waals surface area contributed by atoms with E-state index in [4.69, 9.17) is 9.78 Å². The Labute approximate surface area is 67.8 Å². The van der Waals surface area contributed by atoms with Gasteiger partial charge in [0.1, 0.15) is 5.60 Å². The normalized spacial score (nSPS) is 30.5. The smallest absolute Gasteiger partial charge is 0.104 e. The molecule has 0 unspecified atom stereocenters. The molecule has 1 saturated heterocycles. The maximum Gasteiger partial charge on any atom is 0.104 e. The lowest BCUT2D eigenvalue weighted by molar-refractivity contribution is -0.388. The van der Waals surface area contributed by atoms with Crippen molar-refractivity contribution in [2.24, 2.45) is 0 Å². The highest BCUT2D eigenvalue weighted by molar-refractivity contribution is 4.89. The van der Waals surface area contributed by atoms with Crippen molar-refractivity contribution in [2.75, 3.05) is 6.61 Å². The van der Waals surface area contributed by atoms with Crippen LogP contribution in [-0.4, -0.2) is 12.2 Å². The summed E-state index contributed by atoms with van der Waals surface area (Å²) in [6.07, 6.45) is 9.43. The lowest BCUT2D eigenvalue weighted by atomic mass is 9.81. The molecule has 0 aromatic rings. The average Bonchev–Trinajstić information content (AvgIpc) is 2.07. The van der Waals surface area contributed by atoms with Crippen LogP contribution in [0.4, 0.5) is 0 Å². The van der Waals surface area contributed by atoms with Gasteiger partial charge in [-0.3, -0.25) is 0 Å². The molecule has 63 valence electrons. The molecule has 1 aliphatic carbocycles. The van der Waals surface area contributed by atoms with Crippen molar-refractivity contribution in [3.8, 4) is 0 Å². The topological polar surface area (TPSA) is 18.5 Å². The Morgan fingerprint density at radius 3 is 2.55 bits per heavy atom. The molecule has 1 saturated carbocycles. The molecule has 2 rings (SSSR count). The van der Waals surface area contributed by atoms with Gasteiger partial charge in [0.05, 0.1) is 6.61 Å². The third-order valence-electron chi connectivity index (χ3n) is 2.70. The van der Waals surface area contributed by atoms with Gasteiger partial charge in [-0.05, 0) is 44.9 Å². The third kappa shape index (κ3) is 1.57. The van der Waals surface area contributed by atoms with Gasteiger partial charge in [-0.1, -0.05) is 0 Å². The zero-order valence-electron chi connectivity index (χ0n) is 6.84. The minimum Gasteiger partial charge on any atom is -0.236 e. The van der Waals surface area contributed by atoms with Crippen LogP contribution < -0.4 is 0 Å². The molecule has 0 aromatic carbocycles. The molecule has 2 fully saturated rings. The summed E-state index contributed by atoms with van der Waals surface area (Å²) in [6, 6.07) is 0. The predicted octanol–water partition coefficient (Wildman–Crippen LogP) is 2.25. The van der Waals surface area contributed by atoms with Crippen molar-refractivity contribution < 1.29 is 9.78 Å². The number of rotatable bonds is 0. The Balaban J connectivity index is 1.94. The van der Waals surface area contributed by atoms with E-state index < -0.39 is 0 Å². The van der Waals surface area contributed by atoms with E-state index in [0.717, 1.165) is 19.4 Å². The minimum absolute atomic E-state index is 0.104. The van der Waals surface area contributed by atoms with E-state index in [1.807, 2.05) is 0 Å². The van der Waals surface area contributed by atoms with Gasteiger partial charge in [0, 0.05) is 0 Å². The van der Waals surface area contributed by atoms with Crippen LogP contribution >= 0.6 is 0 Å². The maximum atomic E-state index is 5.39. The summed E-state index contributed by atoms with van der Waals surface area (Å²) in [6.45, 7) is 0.783. The molecule has 1 radical (unpaired) electrons. The summed E-state index contributed by atoms with van der Waals surface area (Å²) in [5.41, 5.74) is 0.104. The van der Waals surface area contributed by atoms with Crippen LogP contribution in [-0.2, 0) is 9.78 Å². The van der Waals surface area contributed by atoms with Crippen LogP contribution in [0.25, 0.3) is 0 Å². The largest absolute Gasteiger partial charge is 0.236 e. The van der Waals surface area contributed by atoms with Gasteiger partial charge in [0.15, 0.2) is 0 Å². The van der Waals surface area contributed by atoms with E-state index in [1.165, 1.54) is 25.7 Å². The Kier molecular flexibility index (Phi) is 2.14. The van der Waals surface area contributed by atoms with Crippen molar-refractivity contribution in [3.05, 3.63) is 6.42 Å². The third-order valence-corrected chi connectivity index (χ3v) is 2.70. The van der Waals surface area contributed by atoms with Crippen molar-refractivity contribution in [1.29, 1.82) is 0 Å². The molecule has 0 amide bonds. The fraction of sp³-hybridized carbons (Fsp3) is 0.889. The molecular formula is C9H15O2. The van der Waals surface area contributed by atoms with Crippen LogP contribution in [0.1, 0.15) is 38.5 Å². The predicted molar refractivity (Wildman–Crippen MR) is 41.8 cm³/mol. The number of hydrogen-bond acceptors (Lipinski definition) is 2. The first-order valence-corrected chi connectivity index (χ1v) is 4.54. The lowest BCUT2D eigenvalue weighted by Crippen LogP contribution is -2.38. The van der Waals surface area contributed by atoms with Gasteiger partial charge in [0.2, 0.25) is 0 Å². The molecule has 0 aromatic heterocycles. The van der Waals surface area contributed by atoms with Crippen molar-refractivity contribution in [1.82, 2.24) is 0 Å². The second kappa shape index (κ2) is 3.11. The zero-order valence-corrected chi connectivity index (χ0v) is 6.84. The Morgan fingerprint density at radius 2 is 1.91 bits per heavy atom. The van der Waals surface area contributed by atoms with Crippen LogP contribution in [0.3, 0.4) is 0 Å². The van der Waals surface area contributed by atoms with Gasteiger partial charge in [0.25, 0.3) is 0 Å². The van der Waals surface area contributed by atoms with E-state index in [9.17, 15) is 0 Å². The Hall–Kier alpha value is -0.0800. The average molecular weight is 155 g/mol. The molecule has 2 nitrogen and oxygen atoms in total. The fourth-order valence-corrected chi connectivity index (χ4v) is 1.99. The van der Waals surface area contributed by atoms with Crippen LogP contribution in [0.15, 0.2) is 0 Å². The lowest BCUT2D eigenvalue weighted by Gasteiger charge is -2.38. The molecule has 0 bridgehead atoms. The van der Waals surface area contributed by atoms with E-state index in [1.54, 1.807) is 0 Å². The molecule has 1 aliphatic heterocycles. The van der Waals surface area contributed by atoms with Crippen molar-refractivity contribution in [3.63, 3.8) is 0 Å². The summed E-state index contributed by atoms with van der Waals surface area (Å²) in [5.74, 6) is 0. The summed E-state index contributed by atoms with van der Waals surface area (Å²) in [5, 5.41) is 0.